The van der Waals surface area contributed by atoms with Crippen LogP contribution in [0.4, 0.5) is 5.69 Å². The maximum absolute atomic E-state index is 13.1. The van der Waals surface area contributed by atoms with Crippen LogP contribution in [-0.4, -0.2) is 39.4 Å². The van der Waals surface area contributed by atoms with Gasteiger partial charge in [0.15, 0.2) is 5.82 Å². The Bertz CT molecular complexity index is 918. The lowest BCUT2D eigenvalue weighted by Crippen LogP contribution is -2.33. The number of anilines is 1. The molecule has 7 nitrogen and oxygen atoms in total. The first-order valence-corrected chi connectivity index (χ1v) is 10.3. The van der Waals surface area contributed by atoms with Gasteiger partial charge >= 0.3 is 0 Å². The summed E-state index contributed by atoms with van der Waals surface area (Å²) in [6.45, 7) is 6.16. The van der Waals surface area contributed by atoms with Gasteiger partial charge in [-0.15, -0.1) is 0 Å². The molecule has 0 radical (unpaired) electrons. The first-order chi connectivity index (χ1) is 14.1. The summed E-state index contributed by atoms with van der Waals surface area (Å²) in [6.07, 6.45) is 4.47. The number of amides is 2. The smallest absolute Gasteiger partial charge is 0.291 e. The largest absolute Gasteiger partial charge is 0.337 e. The van der Waals surface area contributed by atoms with E-state index in [0.717, 1.165) is 37.8 Å². The van der Waals surface area contributed by atoms with E-state index in [-0.39, 0.29) is 17.6 Å². The van der Waals surface area contributed by atoms with Crippen LogP contribution in [0, 0.1) is 11.3 Å². The summed E-state index contributed by atoms with van der Waals surface area (Å²) in [6, 6.07) is 8.73. The maximum atomic E-state index is 13.1. The van der Waals surface area contributed by atoms with Gasteiger partial charge in [0.25, 0.3) is 11.8 Å². The van der Waals surface area contributed by atoms with Crippen LogP contribution in [0.1, 0.15) is 71.9 Å². The molecule has 0 atom stereocenters. The molecule has 0 spiro atoms. The maximum Gasteiger partial charge on any atom is 0.291 e. The summed E-state index contributed by atoms with van der Waals surface area (Å²) < 4.78 is 1.89. The minimum Gasteiger partial charge on any atom is -0.337 e. The Morgan fingerprint density at radius 3 is 2.48 bits per heavy atom. The highest BCUT2D eigenvalue weighted by Gasteiger charge is 2.29. The Labute approximate surface area is 171 Å². The fourth-order valence-electron chi connectivity index (χ4n) is 3.71. The second-order valence-corrected chi connectivity index (χ2v) is 7.27. The molecular formula is C22H27N5O2. The molecule has 2 amide bonds. The van der Waals surface area contributed by atoms with E-state index in [1.165, 1.54) is 0 Å². The van der Waals surface area contributed by atoms with Crippen LogP contribution in [0.25, 0.3) is 0 Å². The molecule has 1 N–H and O–H groups in total. The number of fused-ring (bicyclic) bond motifs is 1. The van der Waals surface area contributed by atoms with Crippen molar-refractivity contribution in [2.75, 3.05) is 18.4 Å². The van der Waals surface area contributed by atoms with Crippen molar-refractivity contribution >= 4 is 17.5 Å². The number of nitrogens with one attached hydrogen (secondary N) is 1. The van der Waals surface area contributed by atoms with Crippen molar-refractivity contribution < 1.29 is 9.59 Å². The Balaban J connectivity index is 1.90. The van der Waals surface area contributed by atoms with Crippen molar-refractivity contribution in [1.29, 1.82) is 5.26 Å². The van der Waals surface area contributed by atoms with Crippen LogP contribution < -0.4 is 5.32 Å². The summed E-state index contributed by atoms with van der Waals surface area (Å²) in [5.41, 5.74) is 2.40. The second kappa shape index (κ2) is 9.37. The summed E-state index contributed by atoms with van der Waals surface area (Å²) >= 11 is 0. The van der Waals surface area contributed by atoms with Crippen LogP contribution in [0.3, 0.4) is 0 Å². The van der Waals surface area contributed by atoms with Gasteiger partial charge in [-0.05, 0) is 56.4 Å². The Morgan fingerprint density at radius 2 is 1.86 bits per heavy atom. The summed E-state index contributed by atoms with van der Waals surface area (Å²) in [5.74, 6) is -0.147. The zero-order valence-corrected chi connectivity index (χ0v) is 17.1. The number of hydrogen-bond acceptors (Lipinski definition) is 4. The molecule has 0 fully saturated rings. The number of nitrogens with zero attached hydrogens (tertiary/aromatic N) is 4. The third kappa shape index (κ3) is 4.48. The molecule has 7 heteroatoms. The van der Waals surface area contributed by atoms with Crippen LogP contribution in [0.5, 0.6) is 0 Å². The Hall–Kier alpha value is -3.14. The summed E-state index contributed by atoms with van der Waals surface area (Å²) in [5, 5.41) is 11.7. The molecule has 1 aromatic heterocycles. The van der Waals surface area contributed by atoms with E-state index >= 15 is 0 Å². The van der Waals surface area contributed by atoms with Gasteiger partial charge in [-0.25, -0.2) is 4.98 Å². The number of carbonyl (C=O) groups excluding carboxylic acids is 2. The first kappa shape index (κ1) is 20.6. The minimum absolute atomic E-state index is 0.0863. The number of imidazole rings is 1. The van der Waals surface area contributed by atoms with Crippen LogP contribution in [0.15, 0.2) is 24.3 Å². The molecule has 2 heterocycles. The van der Waals surface area contributed by atoms with E-state index in [9.17, 15) is 9.59 Å². The van der Waals surface area contributed by atoms with Gasteiger partial charge < -0.3 is 14.8 Å². The topological polar surface area (TPSA) is 91.0 Å². The van der Waals surface area contributed by atoms with Crippen molar-refractivity contribution in [3.63, 3.8) is 0 Å². The van der Waals surface area contributed by atoms with E-state index in [0.29, 0.717) is 36.6 Å². The molecule has 0 bridgehead atoms. The number of rotatable bonds is 7. The zero-order chi connectivity index (χ0) is 20.8. The van der Waals surface area contributed by atoms with E-state index in [1.807, 2.05) is 9.47 Å². The lowest BCUT2D eigenvalue weighted by Gasteiger charge is -2.22. The van der Waals surface area contributed by atoms with E-state index in [4.69, 9.17) is 5.26 Å². The van der Waals surface area contributed by atoms with Gasteiger partial charge in [0.2, 0.25) is 0 Å². The van der Waals surface area contributed by atoms with Gasteiger partial charge in [-0.2, -0.15) is 5.26 Å². The Morgan fingerprint density at radius 1 is 1.17 bits per heavy atom. The van der Waals surface area contributed by atoms with E-state index < -0.39 is 0 Å². The van der Waals surface area contributed by atoms with Crippen LogP contribution in [0.2, 0.25) is 0 Å². The molecule has 3 rings (SSSR count). The quantitative estimate of drug-likeness (QED) is 0.778. The van der Waals surface area contributed by atoms with Crippen molar-refractivity contribution in [3.05, 3.63) is 47.0 Å². The fraction of sp³-hybridized carbons (Fsp3) is 0.455. The molecule has 152 valence electrons. The summed E-state index contributed by atoms with van der Waals surface area (Å²) in [7, 11) is 0. The van der Waals surface area contributed by atoms with E-state index in [2.05, 4.69) is 30.2 Å². The minimum atomic E-state index is -0.338. The van der Waals surface area contributed by atoms with Gasteiger partial charge in [0.1, 0.15) is 5.69 Å². The molecule has 0 aliphatic carbocycles. The summed E-state index contributed by atoms with van der Waals surface area (Å²) in [4.78, 5) is 32.4. The van der Waals surface area contributed by atoms with Gasteiger partial charge in [-0.3, -0.25) is 9.59 Å². The Kier molecular flexibility index (Phi) is 6.65. The van der Waals surface area contributed by atoms with Gasteiger partial charge in [0.05, 0.1) is 17.3 Å². The number of aromatic nitrogens is 2. The highest BCUT2D eigenvalue weighted by atomic mass is 16.2. The first-order valence-electron chi connectivity index (χ1n) is 10.3. The average molecular weight is 393 g/mol. The number of carbonyl (C=O) groups is 2. The van der Waals surface area contributed by atoms with E-state index in [1.54, 1.807) is 24.3 Å². The standard InChI is InChI=1S/C22H27N5O2/c1-3-12-26(13-4-2)22(29)19-18-7-5-6-14-27(18)20(25-19)21(28)24-17-10-8-16(15-23)9-11-17/h8-11H,3-7,12-14H2,1-2H3,(H,24,28). The predicted octanol–water partition coefficient (Wildman–Crippen LogP) is 3.61. The molecule has 0 saturated carbocycles. The van der Waals surface area contributed by atoms with Crippen LogP contribution >= 0.6 is 0 Å². The number of hydrogen-bond donors (Lipinski definition) is 1. The molecule has 1 aliphatic heterocycles. The SMILES string of the molecule is CCCN(CCC)C(=O)c1nc(C(=O)Nc2ccc(C#N)cc2)n2c1CCCC2. The fourth-order valence-corrected chi connectivity index (χ4v) is 3.71. The van der Waals surface area contributed by atoms with Gasteiger partial charge in [-0.1, -0.05) is 13.8 Å². The molecule has 1 aliphatic rings. The zero-order valence-electron chi connectivity index (χ0n) is 17.1. The molecule has 29 heavy (non-hydrogen) atoms. The third-order valence-electron chi connectivity index (χ3n) is 5.07. The lowest BCUT2D eigenvalue weighted by molar-refractivity contribution is 0.0748. The van der Waals surface area contributed by atoms with Gasteiger partial charge in [0, 0.05) is 25.3 Å². The van der Waals surface area contributed by atoms with Crippen molar-refractivity contribution in [3.8, 4) is 6.07 Å². The second-order valence-electron chi connectivity index (χ2n) is 7.27. The van der Waals surface area contributed by atoms with Crippen LogP contribution in [-0.2, 0) is 13.0 Å². The molecule has 2 aromatic rings. The number of nitriles is 1. The highest BCUT2D eigenvalue weighted by molar-refractivity contribution is 6.03. The van der Waals surface area contributed by atoms with Crippen molar-refractivity contribution in [2.24, 2.45) is 0 Å². The predicted molar refractivity (Wildman–Crippen MR) is 111 cm³/mol. The van der Waals surface area contributed by atoms with Crippen molar-refractivity contribution in [1.82, 2.24) is 14.5 Å². The highest BCUT2D eigenvalue weighted by Crippen LogP contribution is 2.23. The number of benzene rings is 1. The molecule has 0 saturated heterocycles. The normalized spacial score (nSPS) is 12.7. The molecule has 0 unspecified atom stereocenters. The molecule has 1 aromatic carbocycles. The molecular weight excluding hydrogens is 366 g/mol. The third-order valence-corrected chi connectivity index (χ3v) is 5.07. The van der Waals surface area contributed by atoms with Crippen molar-refractivity contribution in [2.45, 2.75) is 52.5 Å². The monoisotopic (exact) mass is 393 g/mol. The lowest BCUT2D eigenvalue weighted by atomic mass is 10.1. The average Bonchev–Trinajstić information content (AvgIpc) is 3.13.